The number of hydrogen-bond donors (Lipinski definition) is 0. The van der Waals surface area contributed by atoms with Crippen molar-refractivity contribution in [3.8, 4) is 0 Å². The largest absolute Gasteiger partial charge is 0.369 e. The van der Waals surface area contributed by atoms with E-state index in [4.69, 9.17) is 4.74 Å². The SMILES string of the molecule is C[C@@H]1c2ncc(COCc3ccccn3)n2CCN1C(=O)CC1CC1. The Balaban J connectivity index is 1.38. The molecule has 1 saturated carbocycles. The van der Waals surface area contributed by atoms with E-state index in [0.29, 0.717) is 25.6 Å². The second-order valence-corrected chi connectivity index (χ2v) is 6.98. The molecule has 4 rings (SSSR count). The van der Waals surface area contributed by atoms with Crippen molar-refractivity contribution in [1.82, 2.24) is 19.4 Å². The van der Waals surface area contributed by atoms with Crippen LogP contribution in [0.15, 0.2) is 30.6 Å². The lowest BCUT2D eigenvalue weighted by molar-refractivity contribution is -0.134. The van der Waals surface area contributed by atoms with Crippen LogP contribution in [0.4, 0.5) is 0 Å². The zero-order valence-electron chi connectivity index (χ0n) is 14.6. The summed E-state index contributed by atoms with van der Waals surface area (Å²) in [6.07, 6.45) is 6.76. The van der Waals surface area contributed by atoms with E-state index in [-0.39, 0.29) is 11.9 Å². The zero-order chi connectivity index (χ0) is 17.2. The number of carbonyl (C=O) groups is 1. The summed E-state index contributed by atoms with van der Waals surface area (Å²) in [6, 6.07) is 5.84. The number of aromatic nitrogens is 3. The number of hydrogen-bond acceptors (Lipinski definition) is 4. The molecule has 132 valence electrons. The minimum absolute atomic E-state index is 0.0320. The van der Waals surface area contributed by atoms with Gasteiger partial charge in [0, 0.05) is 25.7 Å². The van der Waals surface area contributed by atoms with Crippen molar-refractivity contribution >= 4 is 5.91 Å². The summed E-state index contributed by atoms with van der Waals surface area (Å²) in [6.45, 7) is 4.61. The lowest BCUT2D eigenvalue weighted by Crippen LogP contribution is -2.41. The zero-order valence-corrected chi connectivity index (χ0v) is 14.6. The molecule has 3 heterocycles. The van der Waals surface area contributed by atoms with Gasteiger partial charge in [0.2, 0.25) is 5.91 Å². The van der Waals surface area contributed by atoms with E-state index in [0.717, 1.165) is 30.3 Å². The predicted octanol–water partition coefficient (Wildman–Crippen LogP) is 2.70. The average Bonchev–Trinajstić information content (AvgIpc) is 3.34. The lowest BCUT2D eigenvalue weighted by atomic mass is 10.1. The molecule has 0 N–H and O–H groups in total. The number of nitrogens with zero attached hydrogens (tertiary/aromatic N) is 4. The van der Waals surface area contributed by atoms with Gasteiger partial charge in [-0.05, 0) is 37.8 Å². The molecule has 0 saturated heterocycles. The highest BCUT2D eigenvalue weighted by molar-refractivity contribution is 5.77. The van der Waals surface area contributed by atoms with Gasteiger partial charge in [0.15, 0.2) is 0 Å². The van der Waals surface area contributed by atoms with E-state index in [2.05, 4.69) is 21.5 Å². The molecule has 1 fully saturated rings. The van der Waals surface area contributed by atoms with Crippen molar-refractivity contribution in [3.63, 3.8) is 0 Å². The first-order valence-electron chi connectivity index (χ1n) is 9.04. The summed E-state index contributed by atoms with van der Waals surface area (Å²) in [4.78, 5) is 23.3. The van der Waals surface area contributed by atoms with Gasteiger partial charge in [-0.15, -0.1) is 0 Å². The van der Waals surface area contributed by atoms with Gasteiger partial charge in [-0.25, -0.2) is 4.98 Å². The Kier molecular flexibility index (Phi) is 4.53. The smallest absolute Gasteiger partial charge is 0.223 e. The maximum atomic E-state index is 12.5. The number of amides is 1. The summed E-state index contributed by atoms with van der Waals surface area (Å²) in [5.41, 5.74) is 1.98. The second kappa shape index (κ2) is 6.96. The molecule has 1 aliphatic heterocycles. The van der Waals surface area contributed by atoms with Crippen molar-refractivity contribution in [2.75, 3.05) is 6.54 Å². The van der Waals surface area contributed by atoms with Crippen LogP contribution in [0.3, 0.4) is 0 Å². The maximum absolute atomic E-state index is 12.5. The first kappa shape index (κ1) is 16.3. The monoisotopic (exact) mass is 340 g/mol. The van der Waals surface area contributed by atoms with Crippen molar-refractivity contribution in [1.29, 1.82) is 0 Å². The molecule has 6 heteroatoms. The van der Waals surface area contributed by atoms with Crippen molar-refractivity contribution in [2.45, 2.75) is 52.0 Å². The Morgan fingerprint density at radius 3 is 2.88 bits per heavy atom. The molecule has 0 radical (unpaired) electrons. The molecule has 1 atom stereocenters. The second-order valence-electron chi connectivity index (χ2n) is 6.98. The third kappa shape index (κ3) is 3.58. The van der Waals surface area contributed by atoms with E-state index < -0.39 is 0 Å². The molecule has 2 aromatic rings. The van der Waals surface area contributed by atoms with E-state index in [1.165, 1.54) is 12.8 Å². The minimum Gasteiger partial charge on any atom is -0.369 e. The van der Waals surface area contributed by atoms with Crippen molar-refractivity contribution < 1.29 is 9.53 Å². The van der Waals surface area contributed by atoms with E-state index in [1.54, 1.807) is 6.20 Å². The molecule has 0 aromatic carbocycles. The van der Waals surface area contributed by atoms with Crippen LogP contribution in [0.25, 0.3) is 0 Å². The fraction of sp³-hybridized carbons (Fsp3) is 0.526. The summed E-state index contributed by atoms with van der Waals surface area (Å²) in [5, 5.41) is 0. The lowest BCUT2D eigenvalue weighted by Gasteiger charge is -2.34. The highest BCUT2D eigenvalue weighted by Gasteiger charge is 2.33. The van der Waals surface area contributed by atoms with Gasteiger partial charge in [-0.1, -0.05) is 6.07 Å². The molecule has 0 bridgehead atoms. The first-order valence-corrected chi connectivity index (χ1v) is 9.04. The Morgan fingerprint density at radius 1 is 1.24 bits per heavy atom. The Morgan fingerprint density at radius 2 is 2.12 bits per heavy atom. The molecule has 6 nitrogen and oxygen atoms in total. The number of fused-ring (bicyclic) bond motifs is 1. The van der Waals surface area contributed by atoms with E-state index >= 15 is 0 Å². The van der Waals surface area contributed by atoms with Gasteiger partial charge in [0.1, 0.15) is 5.82 Å². The quantitative estimate of drug-likeness (QED) is 0.811. The first-order chi connectivity index (χ1) is 12.2. The molecule has 2 aliphatic rings. The van der Waals surface area contributed by atoms with Crippen LogP contribution in [0, 0.1) is 5.92 Å². The maximum Gasteiger partial charge on any atom is 0.223 e. The minimum atomic E-state index is 0.0320. The van der Waals surface area contributed by atoms with Crippen LogP contribution in [-0.4, -0.2) is 31.9 Å². The topological polar surface area (TPSA) is 60.3 Å². The normalized spacial score (nSPS) is 19.7. The van der Waals surface area contributed by atoms with Crippen LogP contribution in [0.1, 0.15) is 49.4 Å². The van der Waals surface area contributed by atoms with Gasteiger partial charge in [-0.3, -0.25) is 9.78 Å². The molecule has 0 unspecified atom stereocenters. The van der Waals surface area contributed by atoms with Crippen LogP contribution >= 0.6 is 0 Å². The van der Waals surface area contributed by atoms with Gasteiger partial charge in [0.05, 0.1) is 36.8 Å². The third-order valence-electron chi connectivity index (χ3n) is 5.08. The summed E-state index contributed by atoms with van der Waals surface area (Å²) >= 11 is 0. The molecular formula is C19H24N4O2. The Hall–Kier alpha value is -2.21. The van der Waals surface area contributed by atoms with Crippen LogP contribution in [0.5, 0.6) is 0 Å². The number of rotatable bonds is 6. The fourth-order valence-electron chi connectivity index (χ4n) is 3.45. The standard InChI is InChI=1S/C19H24N4O2/c1-14-19-21-11-17(13-25-12-16-4-2-3-7-20-16)23(19)9-8-22(14)18(24)10-15-5-6-15/h2-4,7,11,14-15H,5-6,8-10,12-13H2,1H3/t14-/m1/s1. The molecule has 1 amide bonds. The Bertz CT molecular complexity index is 739. The number of imidazole rings is 1. The Labute approximate surface area is 147 Å². The molecule has 25 heavy (non-hydrogen) atoms. The van der Waals surface area contributed by atoms with Crippen LogP contribution < -0.4 is 0 Å². The average molecular weight is 340 g/mol. The fourth-order valence-corrected chi connectivity index (χ4v) is 3.45. The molecule has 1 aliphatic carbocycles. The molecule has 0 spiro atoms. The van der Waals surface area contributed by atoms with Gasteiger partial charge in [0.25, 0.3) is 0 Å². The van der Waals surface area contributed by atoms with Crippen molar-refractivity contribution in [3.05, 3.63) is 47.8 Å². The van der Waals surface area contributed by atoms with Crippen LogP contribution in [0.2, 0.25) is 0 Å². The van der Waals surface area contributed by atoms with Crippen LogP contribution in [-0.2, 0) is 29.3 Å². The van der Waals surface area contributed by atoms with E-state index in [1.807, 2.05) is 29.3 Å². The predicted molar refractivity (Wildman–Crippen MR) is 92.4 cm³/mol. The van der Waals surface area contributed by atoms with Gasteiger partial charge < -0.3 is 14.2 Å². The number of carbonyl (C=O) groups excluding carboxylic acids is 1. The highest BCUT2D eigenvalue weighted by Crippen LogP contribution is 2.35. The van der Waals surface area contributed by atoms with Gasteiger partial charge in [-0.2, -0.15) is 0 Å². The highest BCUT2D eigenvalue weighted by atomic mass is 16.5. The molecular weight excluding hydrogens is 316 g/mol. The third-order valence-corrected chi connectivity index (χ3v) is 5.08. The molecule has 2 aromatic heterocycles. The number of ether oxygens (including phenoxy) is 1. The van der Waals surface area contributed by atoms with Crippen molar-refractivity contribution in [2.24, 2.45) is 5.92 Å². The van der Waals surface area contributed by atoms with E-state index in [9.17, 15) is 4.79 Å². The summed E-state index contributed by atoms with van der Waals surface area (Å²) in [5.74, 6) is 1.86. The summed E-state index contributed by atoms with van der Waals surface area (Å²) < 4.78 is 8.00. The van der Waals surface area contributed by atoms with Gasteiger partial charge >= 0.3 is 0 Å². The summed E-state index contributed by atoms with van der Waals surface area (Å²) in [7, 11) is 0. The number of pyridine rings is 1.